The van der Waals surface area contributed by atoms with Gasteiger partial charge in [0, 0.05) is 5.56 Å². The minimum Gasteiger partial charge on any atom is -0.484 e. The van der Waals surface area contributed by atoms with Gasteiger partial charge in [-0.1, -0.05) is 20.3 Å². The van der Waals surface area contributed by atoms with Gasteiger partial charge in [-0.05, 0) is 37.1 Å². The minimum absolute atomic E-state index is 0.0382. The number of ether oxygens (including phenoxy) is 2. The number of Topliss-reactive ketones (excluding diaryl/α,β-unsaturated/α-hetero) is 1. The lowest BCUT2D eigenvalue weighted by Gasteiger charge is -2.21. The zero-order valence-electron chi connectivity index (χ0n) is 13.9. The van der Waals surface area contributed by atoms with E-state index in [-0.39, 0.29) is 18.3 Å². The molecule has 2 atom stereocenters. The highest BCUT2D eigenvalue weighted by atomic mass is 16.5. The van der Waals surface area contributed by atoms with Gasteiger partial charge in [0.05, 0.1) is 7.11 Å². The van der Waals surface area contributed by atoms with Crippen molar-refractivity contribution in [1.29, 1.82) is 0 Å². The molecule has 0 spiro atoms. The molecular weight excluding hydrogens is 298 g/mol. The highest BCUT2D eigenvalue weighted by molar-refractivity contribution is 5.94. The van der Waals surface area contributed by atoms with E-state index in [1.807, 2.05) is 13.8 Å². The number of hydrogen-bond donors (Lipinski definition) is 1. The minimum atomic E-state index is -0.693. The van der Waals surface area contributed by atoms with Crippen LogP contribution in [0.5, 0.6) is 5.75 Å². The summed E-state index contributed by atoms with van der Waals surface area (Å²) < 4.78 is 10.1. The number of ketones is 1. The molecule has 0 saturated carbocycles. The average molecular weight is 321 g/mol. The lowest BCUT2D eigenvalue weighted by molar-refractivity contribution is -0.146. The summed E-state index contributed by atoms with van der Waals surface area (Å²) in [4.78, 5) is 34.8. The zero-order chi connectivity index (χ0) is 17.4. The summed E-state index contributed by atoms with van der Waals surface area (Å²) in [6.45, 7) is 5.05. The summed E-state index contributed by atoms with van der Waals surface area (Å²) in [5.74, 6) is -0.483. The van der Waals surface area contributed by atoms with E-state index < -0.39 is 17.9 Å². The molecular formula is C17H23NO5. The van der Waals surface area contributed by atoms with Gasteiger partial charge in [0.15, 0.2) is 12.4 Å². The summed E-state index contributed by atoms with van der Waals surface area (Å²) in [5, 5.41) is 2.63. The Labute approximate surface area is 136 Å². The predicted molar refractivity (Wildman–Crippen MR) is 85.3 cm³/mol. The molecule has 0 aliphatic carbocycles. The second-order valence-electron chi connectivity index (χ2n) is 5.32. The number of nitrogens with one attached hydrogen (secondary N) is 1. The number of hydrogen-bond acceptors (Lipinski definition) is 5. The molecule has 0 saturated heterocycles. The zero-order valence-corrected chi connectivity index (χ0v) is 13.9. The Morgan fingerprint density at radius 3 is 2.26 bits per heavy atom. The molecule has 1 aromatic rings. The van der Waals surface area contributed by atoms with Crippen molar-refractivity contribution in [3.05, 3.63) is 29.8 Å². The molecule has 0 bridgehead atoms. The van der Waals surface area contributed by atoms with Crippen molar-refractivity contribution in [2.75, 3.05) is 13.7 Å². The number of carbonyl (C=O) groups is 3. The highest BCUT2D eigenvalue weighted by Crippen LogP contribution is 2.13. The maximum atomic E-state index is 11.9. The summed E-state index contributed by atoms with van der Waals surface area (Å²) in [6.07, 6.45) is 0.730. The first-order valence-corrected chi connectivity index (χ1v) is 7.50. The fraction of sp³-hybridized carbons (Fsp3) is 0.471. The predicted octanol–water partition coefficient (Wildman–Crippen LogP) is 1.97. The molecule has 6 heteroatoms. The fourth-order valence-corrected chi connectivity index (χ4v) is 1.95. The molecule has 1 N–H and O–H groups in total. The summed E-state index contributed by atoms with van der Waals surface area (Å²) in [6, 6.07) is 5.81. The van der Waals surface area contributed by atoms with Crippen molar-refractivity contribution in [3.63, 3.8) is 0 Å². The molecule has 1 aromatic carbocycles. The molecule has 23 heavy (non-hydrogen) atoms. The van der Waals surface area contributed by atoms with Gasteiger partial charge in [-0.25, -0.2) is 4.79 Å². The monoisotopic (exact) mass is 321 g/mol. The summed E-state index contributed by atoms with van der Waals surface area (Å²) >= 11 is 0. The molecule has 126 valence electrons. The van der Waals surface area contributed by atoms with Crippen LogP contribution < -0.4 is 10.1 Å². The van der Waals surface area contributed by atoms with Crippen molar-refractivity contribution in [2.45, 2.75) is 33.2 Å². The van der Waals surface area contributed by atoms with E-state index in [4.69, 9.17) is 9.47 Å². The van der Waals surface area contributed by atoms with E-state index in [1.165, 1.54) is 14.0 Å². The van der Waals surface area contributed by atoms with Crippen LogP contribution in [0.25, 0.3) is 0 Å². The van der Waals surface area contributed by atoms with Crippen LogP contribution in [0.2, 0.25) is 0 Å². The molecule has 6 nitrogen and oxygen atoms in total. The van der Waals surface area contributed by atoms with E-state index in [1.54, 1.807) is 24.3 Å². The lowest BCUT2D eigenvalue weighted by Crippen LogP contribution is -2.47. The van der Waals surface area contributed by atoms with Crippen LogP contribution in [0, 0.1) is 5.92 Å². The molecule has 0 unspecified atom stereocenters. The van der Waals surface area contributed by atoms with E-state index in [0.29, 0.717) is 11.3 Å². The maximum absolute atomic E-state index is 11.9. The first kappa shape index (κ1) is 18.7. The van der Waals surface area contributed by atoms with Crippen molar-refractivity contribution >= 4 is 17.7 Å². The van der Waals surface area contributed by atoms with Gasteiger partial charge in [0.1, 0.15) is 11.8 Å². The fourth-order valence-electron chi connectivity index (χ4n) is 1.95. The first-order chi connectivity index (χ1) is 10.9. The van der Waals surface area contributed by atoms with Crippen molar-refractivity contribution in [1.82, 2.24) is 5.32 Å². The highest BCUT2D eigenvalue weighted by Gasteiger charge is 2.26. The number of esters is 1. The van der Waals surface area contributed by atoms with Gasteiger partial charge in [0.25, 0.3) is 5.91 Å². The van der Waals surface area contributed by atoms with Gasteiger partial charge in [-0.2, -0.15) is 0 Å². The molecule has 0 heterocycles. The lowest BCUT2D eigenvalue weighted by atomic mass is 9.99. The van der Waals surface area contributed by atoms with Crippen LogP contribution >= 0.6 is 0 Å². The Morgan fingerprint density at radius 2 is 1.78 bits per heavy atom. The first-order valence-electron chi connectivity index (χ1n) is 7.50. The van der Waals surface area contributed by atoms with E-state index in [2.05, 4.69) is 5.32 Å². The van der Waals surface area contributed by atoms with Gasteiger partial charge >= 0.3 is 5.97 Å². The van der Waals surface area contributed by atoms with Crippen LogP contribution in [0.4, 0.5) is 0 Å². The van der Waals surface area contributed by atoms with Crippen LogP contribution in [-0.2, 0) is 14.3 Å². The molecule has 0 aromatic heterocycles. The number of amides is 1. The third-order valence-corrected chi connectivity index (χ3v) is 3.62. The molecule has 0 aliphatic rings. The third kappa shape index (κ3) is 5.73. The smallest absolute Gasteiger partial charge is 0.328 e. The summed E-state index contributed by atoms with van der Waals surface area (Å²) in [5.41, 5.74) is 0.573. The number of methoxy groups -OCH3 is 1. The van der Waals surface area contributed by atoms with Crippen LogP contribution in [0.1, 0.15) is 37.6 Å². The average Bonchev–Trinajstić information content (AvgIpc) is 2.56. The van der Waals surface area contributed by atoms with E-state index in [9.17, 15) is 14.4 Å². The molecule has 1 amide bonds. The Balaban J connectivity index is 2.58. The third-order valence-electron chi connectivity index (χ3n) is 3.62. The van der Waals surface area contributed by atoms with Crippen LogP contribution in [0.15, 0.2) is 24.3 Å². The topological polar surface area (TPSA) is 81.7 Å². The van der Waals surface area contributed by atoms with E-state index in [0.717, 1.165) is 6.42 Å². The van der Waals surface area contributed by atoms with Crippen molar-refractivity contribution < 1.29 is 23.9 Å². The van der Waals surface area contributed by atoms with Crippen molar-refractivity contribution in [3.8, 4) is 5.75 Å². The molecule has 0 aliphatic heterocycles. The van der Waals surface area contributed by atoms with E-state index >= 15 is 0 Å². The van der Waals surface area contributed by atoms with Gasteiger partial charge in [0.2, 0.25) is 0 Å². The van der Waals surface area contributed by atoms with Crippen LogP contribution in [-0.4, -0.2) is 37.4 Å². The SMILES string of the molecule is CC[C@@H](C)[C@H](NC(=O)COc1ccc(C(C)=O)cc1)C(=O)OC. The van der Waals surface area contributed by atoms with Gasteiger partial charge in [-0.15, -0.1) is 0 Å². The number of carbonyl (C=O) groups excluding carboxylic acids is 3. The summed E-state index contributed by atoms with van der Waals surface area (Å²) in [7, 11) is 1.29. The van der Waals surface area contributed by atoms with Crippen molar-refractivity contribution in [2.24, 2.45) is 5.92 Å². The molecule has 0 fully saturated rings. The maximum Gasteiger partial charge on any atom is 0.328 e. The Hall–Kier alpha value is -2.37. The second kappa shape index (κ2) is 8.92. The molecule has 0 radical (unpaired) electrons. The van der Waals surface area contributed by atoms with Gasteiger partial charge < -0.3 is 14.8 Å². The molecule has 1 rings (SSSR count). The second-order valence-corrected chi connectivity index (χ2v) is 5.32. The number of benzene rings is 1. The standard InChI is InChI=1S/C17H23NO5/c1-5-11(2)16(17(21)22-4)18-15(20)10-23-14-8-6-13(7-9-14)12(3)19/h6-9,11,16H,5,10H2,1-4H3,(H,18,20)/t11-,16+/m1/s1. The Kier molecular flexibility index (Phi) is 7.25. The quantitative estimate of drug-likeness (QED) is 0.585. The van der Waals surface area contributed by atoms with Gasteiger partial charge in [-0.3, -0.25) is 9.59 Å². The number of rotatable bonds is 8. The normalized spacial score (nSPS) is 12.9. The van der Waals surface area contributed by atoms with Crippen LogP contribution in [0.3, 0.4) is 0 Å². The Bertz CT molecular complexity index is 553. The Morgan fingerprint density at radius 1 is 1.17 bits per heavy atom. The largest absolute Gasteiger partial charge is 0.484 e.